The normalized spacial score (nSPS) is 18.8. The van der Waals surface area contributed by atoms with Gasteiger partial charge in [-0.2, -0.15) is 0 Å². The van der Waals surface area contributed by atoms with Crippen LogP contribution >= 0.6 is 23.2 Å². The summed E-state index contributed by atoms with van der Waals surface area (Å²) in [7, 11) is 0. The predicted molar refractivity (Wildman–Crippen MR) is 124 cm³/mol. The lowest BCUT2D eigenvalue weighted by atomic mass is 9.88. The maximum Gasteiger partial charge on any atom is 0.223 e. The van der Waals surface area contributed by atoms with Gasteiger partial charge in [0.05, 0.1) is 5.71 Å². The minimum Gasteiger partial charge on any atom is -0.384 e. The fourth-order valence-electron chi connectivity index (χ4n) is 3.69. The van der Waals surface area contributed by atoms with Crippen LogP contribution in [0, 0.1) is 12.8 Å². The van der Waals surface area contributed by atoms with Crippen molar-refractivity contribution in [2.75, 3.05) is 6.54 Å². The first kappa shape index (κ1) is 23.3. The summed E-state index contributed by atoms with van der Waals surface area (Å²) in [4.78, 5) is 30.4. The second-order valence-electron chi connectivity index (χ2n) is 8.15. The van der Waals surface area contributed by atoms with E-state index in [0.717, 1.165) is 22.4 Å². The van der Waals surface area contributed by atoms with Crippen molar-refractivity contribution in [1.29, 1.82) is 0 Å². The topological polar surface area (TPSA) is 67.8 Å². The summed E-state index contributed by atoms with van der Waals surface area (Å²) in [5, 5.41) is 8.13. The van der Waals surface area contributed by atoms with Crippen molar-refractivity contribution in [1.82, 2.24) is 5.32 Å². The molecule has 2 atom stereocenters. The molecule has 31 heavy (non-hydrogen) atoms. The largest absolute Gasteiger partial charge is 0.384 e. The molecule has 3 rings (SSSR count). The van der Waals surface area contributed by atoms with E-state index in [9.17, 15) is 9.59 Å². The van der Waals surface area contributed by atoms with Gasteiger partial charge in [-0.05, 0) is 56.2 Å². The van der Waals surface area contributed by atoms with Crippen molar-refractivity contribution >= 4 is 40.6 Å². The second kappa shape index (κ2) is 9.41. The first-order valence-corrected chi connectivity index (χ1v) is 11.0. The Hall–Kier alpha value is -2.37. The van der Waals surface area contributed by atoms with Crippen LogP contribution < -0.4 is 5.32 Å². The molecule has 0 spiro atoms. The molecule has 1 amide bonds. The maximum atomic E-state index is 12.7. The highest BCUT2D eigenvalue weighted by Gasteiger charge is 2.37. The summed E-state index contributed by atoms with van der Waals surface area (Å²) in [6, 6.07) is 10.9. The number of benzene rings is 2. The predicted octanol–water partition coefficient (Wildman–Crippen LogP) is 5.69. The number of amides is 1. The molecular weight excluding hydrogens is 435 g/mol. The van der Waals surface area contributed by atoms with Gasteiger partial charge in [-0.15, -0.1) is 0 Å². The number of carbonyl (C=O) groups excluding carboxylic acids is 2. The maximum absolute atomic E-state index is 12.7. The molecule has 1 aliphatic heterocycles. The molecule has 0 radical (unpaired) electrons. The monoisotopic (exact) mass is 460 g/mol. The third-order valence-corrected chi connectivity index (χ3v) is 5.92. The van der Waals surface area contributed by atoms with E-state index in [1.165, 1.54) is 0 Å². The van der Waals surface area contributed by atoms with Crippen LogP contribution in [0.25, 0.3) is 0 Å². The van der Waals surface area contributed by atoms with E-state index in [4.69, 9.17) is 28.0 Å². The van der Waals surface area contributed by atoms with Crippen LogP contribution in [0.2, 0.25) is 10.0 Å². The zero-order valence-corrected chi connectivity index (χ0v) is 19.6. The average molecular weight is 461 g/mol. The molecule has 0 fully saturated rings. The van der Waals surface area contributed by atoms with E-state index in [-0.39, 0.29) is 24.0 Å². The van der Waals surface area contributed by atoms with E-state index < -0.39 is 5.60 Å². The number of oxime groups is 1. The molecule has 164 valence electrons. The average Bonchev–Trinajstić information content (AvgIpc) is 3.10. The summed E-state index contributed by atoms with van der Waals surface area (Å²) >= 11 is 12.3. The highest BCUT2D eigenvalue weighted by atomic mass is 35.5. The van der Waals surface area contributed by atoms with Crippen LogP contribution in [0.5, 0.6) is 0 Å². The van der Waals surface area contributed by atoms with Gasteiger partial charge in [-0.25, -0.2) is 0 Å². The number of Topliss-reactive ketones (excluding diaryl/α,β-unsaturated/α-hetero) is 1. The van der Waals surface area contributed by atoms with Gasteiger partial charge in [-0.3, -0.25) is 9.59 Å². The summed E-state index contributed by atoms with van der Waals surface area (Å²) in [5.41, 5.74) is 3.32. The van der Waals surface area contributed by atoms with Gasteiger partial charge >= 0.3 is 0 Å². The molecule has 0 saturated carbocycles. The number of hydrogen-bond donors (Lipinski definition) is 1. The van der Waals surface area contributed by atoms with Crippen LogP contribution in [0.15, 0.2) is 41.6 Å². The van der Waals surface area contributed by atoms with Crippen LogP contribution in [0.4, 0.5) is 0 Å². The Morgan fingerprint density at radius 1 is 1.19 bits per heavy atom. The van der Waals surface area contributed by atoms with Crippen molar-refractivity contribution in [2.45, 2.75) is 46.1 Å². The standard InChI is InChI=1S/C24H26Cl2N2O3/c1-5-27-23(30)15(3)9-22(29)20-7-6-16(8-14(20)2)21-13-24(4,31-28-21)17-10-18(25)12-19(26)11-17/h6-8,10-12,15H,5,9,13H2,1-4H3,(H,27,30). The number of carbonyl (C=O) groups is 2. The molecular formula is C24H26Cl2N2O3. The lowest BCUT2D eigenvalue weighted by Gasteiger charge is -2.22. The third-order valence-electron chi connectivity index (χ3n) is 5.49. The van der Waals surface area contributed by atoms with Crippen molar-refractivity contribution in [3.63, 3.8) is 0 Å². The molecule has 2 unspecified atom stereocenters. The number of rotatable bonds is 7. The zero-order valence-electron chi connectivity index (χ0n) is 18.1. The van der Waals surface area contributed by atoms with Gasteiger partial charge < -0.3 is 10.2 Å². The zero-order chi connectivity index (χ0) is 22.8. The SMILES string of the molecule is CCNC(=O)C(C)CC(=O)c1ccc(C2=NOC(C)(c3cc(Cl)cc(Cl)c3)C2)cc1C. The van der Waals surface area contributed by atoms with Crippen LogP contribution in [-0.4, -0.2) is 23.9 Å². The number of aryl methyl sites for hydroxylation is 1. The highest BCUT2D eigenvalue weighted by molar-refractivity contribution is 6.34. The Bertz CT molecular complexity index is 1030. The first-order chi connectivity index (χ1) is 14.6. The Labute approximate surface area is 192 Å². The van der Waals surface area contributed by atoms with Crippen molar-refractivity contribution in [3.8, 4) is 0 Å². The van der Waals surface area contributed by atoms with Crippen LogP contribution in [0.3, 0.4) is 0 Å². The Morgan fingerprint density at radius 3 is 2.48 bits per heavy atom. The lowest BCUT2D eigenvalue weighted by Crippen LogP contribution is -2.30. The molecule has 5 nitrogen and oxygen atoms in total. The fraction of sp³-hybridized carbons (Fsp3) is 0.375. The van der Waals surface area contributed by atoms with E-state index in [0.29, 0.717) is 28.6 Å². The molecule has 0 saturated heterocycles. The number of nitrogens with zero attached hydrogens (tertiary/aromatic N) is 1. The van der Waals surface area contributed by atoms with E-state index >= 15 is 0 Å². The van der Waals surface area contributed by atoms with E-state index in [1.807, 2.05) is 45.0 Å². The van der Waals surface area contributed by atoms with Gasteiger partial charge in [0.1, 0.15) is 0 Å². The molecule has 2 aromatic rings. The molecule has 7 heteroatoms. The van der Waals surface area contributed by atoms with E-state index in [1.54, 1.807) is 19.1 Å². The summed E-state index contributed by atoms with van der Waals surface area (Å²) in [5.74, 6) is -0.529. The number of ketones is 1. The minimum atomic E-state index is -0.672. The van der Waals surface area contributed by atoms with Crippen molar-refractivity contribution in [3.05, 3.63) is 68.7 Å². The number of halogens is 2. The second-order valence-corrected chi connectivity index (χ2v) is 9.02. The van der Waals surface area contributed by atoms with Gasteiger partial charge in [0.2, 0.25) is 5.91 Å². The highest BCUT2D eigenvalue weighted by Crippen LogP contribution is 2.38. The smallest absolute Gasteiger partial charge is 0.223 e. The van der Waals surface area contributed by atoms with Gasteiger partial charge in [0.25, 0.3) is 0 Å². The molecule has 1 heterocycles. The number of nitrogens with one attached hydrogen (secondary N) is 1. The third kappa shape index (κ3) is 5.28. The van der Waals surface area contributed by atoms with Crippen molar-refractivity contribution < 1.29 is 14.4 Å². The van der Waals surface area contributed by atoms with Crippen LogP contribution in [-0.2, 0) is 15.2 Å². The molecule has 0 bridgehead atoms. The fourth-order valence-corrected chi connectivity index (χ4v) is 4.22. The Balaban J connectivity index is 1.74. The molecule has 1 aliphatic rings. The summed E-state index contributed by atoms with van der Waals surface area (Å²) in [6.07, 6.45) is 0.717. The van der Waals surface area contributed by atoms with Gasteiger partial charge in [0, 0.05) is 46.5 Å². The van der Waals surface area contributed by atoms with Gasteiger partial charge in [0.15, 0.2) is 11.4 Å². The minimum absolute atomic E-state index is 0.0502. The van der Waals surface area contributed by atoms with Gasteiger partial charge in [-0.1, -0.05) is 47.4 Å². The lowest BCUT2D eigenvalue weighted by molar-refractivity contribution is -0.124. The molecule has 1 N–H and O–H groups in total. The molecule has 2 aromatic carbocycles. The molecule has 0 aromatic heterocycles. The summed E-state index contributed by atoms with van der Waals surface area (Å²) < 4.78 is 0. The summed E-state index contributed by atoms with van der Waals surface area (Å²) in [6.45, 7) is 8.01. The number of hydrogen-bond acceptors (Lipinski definition) is 4. The Kier molecular flexibility index (Phi) is 7.07. The quantitative estimate of drug-likeness (QED) is 0.539. The van der Waals surface area contributed by atoms with E-state index in [2.05, 4.69) is 10.5 Å². The van der Waals surface area contributed by atoms with Crippen molar-refractivity contribution in [2.24, 2.45) is 11.1 Å². The van der Waals surface area contributed by atoms with Crippen LogP contribution in [0.1, 0.15) is 60.7 Å². The Morgan fingerprint density at radius 2 is 1.87 bits per heavy atom. The first-order valence-electron chi connectivity index (χ1n) is 10.3. The molecule has 0 aliphatic carbocycles.